The summed E-state index contributed by atoms with van der Waals surface area (Å²) in [5.41, 5.74) is 3.90. The van der Waals surface area contributed by atoms with Gasteiger partial charge in [-0.2, -0.15) is 0 Å². The van der Waals surface area contributed by atoms with Crippen LogP contribution in [0.3, 0.4) is 0 Å². The smallest absolute Gasteiger partial charge is 0.243 e. The van der Waals surface area contributed by atoms with Crippen LogP contribution in [0.25, 0.3) is 0 Å². The molecule has 0 heterocycles. The summed E-state index contributed by atoms with van der Waals surface area (Å²) in [5.74, 6) is 0.502. The quantitative estimate of drug-likeness (QED) is 0.244. The van der Waals surface area contributed by atoms with Gasteiger partial charge in [0.2, 0.25) is 11.8 Å². The Kier molecular flexibility index (Phi) is 10.1. The average molecular weight is 541 g/mol. The summed E-state index contributed by atoms with van der Waals surface area (Å²) in [5, 5.41) is 3.71. The predicted octanol–water partition coefficient (Wildman–Crippen LogP) is 5.89. The second kappa shape index (κ2) is 14.2. The number of halogens is 1. The Balaban J connectivity index is 1.56. The van der Waals surface area contributed by atoms with Crippen molar-refractivity contribution in [1.29, 1.82) is 0 Å². The number of hydrogen-bond acceptors (Lipinski definition) is 3. The molecular formula is C33H33ClN2O3. The summed E-state index contributed by atoms with van der Waals surface area (Å²) in [6.45, 7) is 0.789. The molecule has 4 aromatic carbocycles. The Hall–Kier alpha value is -4.09. The van der Waals surface area contributed by atoms with Gasteiger partial charge in [-0.05, 0) is 52.9 Å². The van der Waals surface area contributed by atoms with Crippen molar-refractivity contribution in [1.82, 2.24) is 10.2 Å². The van der Waals surface area contributed by atoms with Crippen LogP contribution in [0.2, 0.25) is 5.02 Å². The van der Waals surface area contributed by atoms with Crippen LogP contribution in [-0.4, -0.2) is 36.4 Å². The van der Waals surface area contributed by atoms with E-state index in [0.717, 1.165) is 28.0 Å². The molecule has 0 aliphatic rings. The minimum Gasteiger partial charge on any atom is -0.497 e. The number of rotatable bonds is 12. The van der Waals surface area contributed by atoms with Gasteiger partial charge in [0.1, 0.15) is 11.8 Å². The zero-order valence-corrected chi connectivity index (χ0v) is 22.8. The second-order valence-corrected chi connectivity index (χ2v) is 9.84. The van der Waals surface area contributed by atoms with Crippen molar-refractivity contribution in [3.63, 3.8) is 0 Å². The monoisotopic (exact) mass is 540 g/mol. The van der Waals surface area contributed by atoms with Gasteiger partial charge in [-0.25, -0.2) is 0 Å². The van der Waals surface area contributed by atoms with Crippen molar-refractivity contribution in [2.45, 2.75) is 31.8 Å². The molecule has 0 saturated carbocycles. The summed E-state index contributed by atoms with van der Waals surface area (Å²) in [7, 11) is 1.64. The van der Waals surface area contributed by atoms with Crippen LogP contribution in [-0.2, 0) is 35.4 Å². The third-order valence-corrected chi connectivity index (χ3v) is 6.86. The number of amides is 2. The lowest BCUT2D eigenvalue weighted by Crippen LogP contribution is -2.51. The zero-order chi connectivity index (χ0) is 27.5. The highest BCUT2D eigenvalue weighted by atomic mass is 35.5. The van der Waals surface area contributed by atoms with Crippen LogP contribution < -0.4 is 10.1 Å². The first-order chi connectivity index (χ1) is 19.0. The summed E-state index contributed by atoms with van der Waals surface area (Å²) < 4.78 is 5.23. The number of nitrogens with zero attached hydrogens (tertiary/aromatic N) is 1. The molecule has 0 saturated heterocycles. The van der Waals surface area contributed by atoms with Crippen LogP contribution in [0.5, 0.6) is 5.75 Å². The Bertz CT molecular complexity index is 1330. The van der Waals surface area contributed by atoms with Crippen molar-refractivity contribution in [2.24, 2.45) is 0 Å². The number of ether oxygens (including phenoxy) is 1. The molecule has 0 spiro atoms. The highest BCUT2D eigenvalue weighted by Gasteiger charge is 2.30. The summed E-state index contributed by atoms with van der Waals surface area (Å²) >= 11 is 6.05. The van der Waals surface area contributed by atoms with E-state index < -0.39 is 6.04 Å². The lowest BCUT2D eigenvalue weighted by molar-refractivity contribution is -0.140. The van der Waals surface area contributed by atoms with Gasteiger partial charge in [-0.15, -0.1) is 0 Å². The molecule has 4 rings (SSSR count). The Labute approximate surface area is 235 Å². The molecular weight excluding hydrogens is 508 g/mol. The Morgan fingerprint density at radius 2 is 1.36 bits per heavy atom. The van der Waals surface area contributed by atoms with Gasteiger partial charge in [-0.3, -0.25) is 9.59 Å². The van der Waals surface area contributed by atoms with Crippen molar-refractivity contribution < 1.29 is 14.3 Å². The molecule has 1 N–H and O–H groups in total. The van der Waals surface area contributed by atoms with E-state index in [4.69, 9.17) is 16.3 Å². The maximum atomic E-state index is 13.8. The molecule has 6 heteroatoms. The summed E-state index contributed by atoms with van der Waals surface area (Å²) in [4.78, 5) is 29.2. The molecule has 4 aromatic rings. The van der Waals surface area contributed by atoms with Crippen molar-refractivity contribution >= 4 is 23.4 Å². The van der Waals surface area contributed by atoms with Crippen LogP contribution in [0.4, 0.5) is 0 Å². The van der Waals surface area contributed by atoms with Crippen LogP contribution in [0.15, 0.2) is 109 Å². The van der Waals surface area contributed by atoms with E-state index >= 15 is 0 Å². The third kappa shape index (κ3) is 8.45. The lowest BCUT2D eigenvalue weighted by Gasteiger charge is -2.31. The van der Waals surface area contributed by atoms with E-state index in [2.05, 4.69) is 5.32 Å². The van der Waals surface area contributed by atoms with Gasteiger partial charge >= 0.3 is 0 Å². The number of carbonyl (C=O) groups is 2. The lowest BCUT2D eigenvalue weighted by atomic mass is 10.0. The van der Waals surface area contributed by atoms with Gasteiger partial charge < -0.3 is 15.0 Å². The zero-order valence-electron chi connectivity index (χ0n) is 22.1. The maximum absolute atomic E-state index is 13.8. The Morgan fingerprint density at radius 3 is 1.97 bits per heavy atom. The van der Waals surface area contributed by atoms with E-state index in [1.165, 1.54) is 0 Å². The largest absolute Gasteiger partial charge is 0.497 e. The SMILES string of the molecule is COc1ccc(CCNC(=O)[C@@H](Cc2ccccc2)N(Cc2ccccc2)C(=O)Cc2ccc(Cl)cc2)cc1. The van der Waals surface area contributed by atoms with Crippen molar-refractivity contribution in [3.8, 4) is 5.75 Å². The molecule has 0 aliphatic heterocycles. The molecule has 0 bridgehead atoms. The number of hydrogen-bond donors (Lipinski definition) is 1. The van der Waals surface area contributed by atoms with Gasteiger partial charge in [0.05, 0.1) is 13.5 Å². The molecule has 0 aromatic heterocycles. The third-order valence-electron chi connectivity index (χ3n) is 6.61. The predicted molar refractivity (Wildman–Crippen MR) is 156 cm³/mol. The van der Waals surface area contributed by atoms with Gasteiger partial charge in [0.25, 0.3) is 0 Å². The number of carbonyl (C=O) groups excluding carboxylic acids is 2. The first kappa shape index (κ1) is 27.9. The van der Waals surface area contributed by atoms with Crippen LogP contribution in [0.1, 0.15) is 22.3 Å². The molecule has 2 amide bonds. The van der Waals surface area contributed by atoms with E-state index in [0.29, 0.717) is 31.0 Å². The van der Waals surface area contributed by atoms with Gasteiger partial charge in [-0.1, -0.05) is 96.5 Å². The maximum Gasteiger partial charge on any atom is 0.243 e. The fourth-order valence-corrected chi connectivity index (χ4v) is 4.58. The first-order valence-electron chi connectivity index (χ1n) is 13.0. The molecule has 0 unspecified atom stereocenters. The highest BCUT2D eigenvalue weighted by Crippen LogP contribution is 2.18. The first-order valence-corrected chi connectivity index (χ1v) is 13.4. The fourth-order valence-electron chi connectivity index (χ4n) is 4.45. The van der Waals surface area contributed by atoms with Crippen LogP contribution >= 0.6 is 11.6 Å². The number of nitrogens with one attached hydrogen (secondary N) is 1. The van der Waals surface area contributed by atoms with E-state index in [-0.39, 0.29) is 18.2 Å². The molecule has 5 nitrogen and oxygen atoms in total. The molecule has 1 atom stereocenters. The van der Waals surface area contributed by atoms with E-state index in [1.54, 1.807) is 24.1 Å². The molecule has 0 fully saturated rings. The molecule has 200 valence electrons. The summed E-state index contributed by atoms with van der Waals surface area (Å²) in [6, 6.07) is 34.0. The topological polar surface area (TPSA) is 58.6 Å². The average Bonchev–Trinajstić information content (AvgIpc) is 2.97. The standard InChI is InChI=1S/C33H33ClN2O3/c1-39-30-18-14-25(15-19-30)20-21-35-33(38)31(22-26-8-4-2-5-9-26)36(24-28-10-6-3-7-11-28)32(37)23-27-12-16-29(34)17-13-27/h2-19,31H,20-24H2,1H3,(H,35,38)/t31-/m1/s1. The van der Waals surface area contributed by atoms with Crippen molar-refractivity contribution in [2.75, 3.05) is 13.7 Å². The molecule has 39 heavy (non-hydrogen) atoms. The normalized spacial score (nSPS) is 11.4. The fraction of sp³-hybridized carbons (Fsp3) is 0.212. The van der Waals surface area contributed by atoms with Gasteiger partial charge in [0.15, 0.2) is 0 Å². The highest BCUT2D eigenvalue weighted by molar-refractivity contribution is 6.30. The minimum atomic E-state index is -0.678. The van der Waals surface area contributed by atoms with Crippen LogP contribution in [0, 0.1) is 0 Å². The summed E-state index contributed by atoms with van der Waals surface area (Å²) in [6.07, 6.45) is 1.26. The molecule has 0 radical (unpaired) electrons. The number of methoxy groups -OCH3 is 1. The Morgan fingerprint density at radius 1 is 0.769 bits per heavy atom. The van der Waals surface area contributed by atoms with E-state index in [1.807, 2.05) is 97.1 Å². The number of benzene rings is 4. The van der Waals surface area contributed by atoms with E-state index in [9.17, 15) is 9.59 Å². The minimum absolute atomic E-state index is 0.118. The van der Waals surface area contributed by atoms with Gasteiger partial charge in [0, 0.05) is 24.5 Å². The second-order valence-electron chi connectivity index (χ2n) is 9.41. The van der Waals surface area contributed by atoms with Crippen molar-refractivity contribution in [3.05, 3.63) is 136 Å². The molecule has 0 aliphatic carbocycles.